The second-order valence-electron chi connectivity index (χ2n) is 18.8. The molecule has 0 saturated heterocycles. The SMILES string of the molecule is CCC(Cc1c(I)cc(I)c(N)c1I)C(=O)NCCCCCCCC(=O)O[C@H]1CC[C@@]2(C)C(=CCC3C2CC[C@@]2(C)C3CC[C@@H]2[C@H](C)CCCC(C)C)C1. The summed E-state index contributed by atoms with van der Waals surface area (Å²) in [6, 6.07) is 2.11. The summed E-state index contributed by atoms with van der Waals surface area (Å²) in [6.45, 7) is 15.4. The number of amides is 1. The van der Waals surface area contributed by atoms with Crippen LogP contribution in [-0.2, 0) is 20.7 Å². The zero-order chi connectivity index (χ0) is 39.2. The number of rotatable bonds is 18. The molecular formula is C46H71I3N2O3. The third-order valence-corrected chi connectivity index (χ3v) is 18.1. The van der Waals surface area contributed by atoms with Crippen LogP contribution in [0.4, 0.5) is 5.69 Å². The van der Waals surface area contributed by atoms with Gasteiger partial charge in [-0.2, -0.15) is 0 Å². The van der Waals surface area contributed by atoms with Crippen molar-refractivity contribution in [2.24, 2.45) is 52.3 Å². The molecule has 0 spiro atoms. The van der Waals surface area contributed by atoms with E-state index < -0.39 is 0 Å². The van der Waals surface area contributed by atoms with Gasteiger partial charge < -0.3 is 15.8 Å². The van der Waals surface area contributed by atoms with E-state index in [1.807, 2.05) is 0 Å². The van der Waals surface area contributed by atoms with Gasteiger partial charge in [-0.15, -0.1) is 0 Å². The summed E-state index contributed by atoms with van der Waals surface area (Å²) in [7, 11) is 0. The van der Waals surface area contributed by atoms with Gasteiger partial charge in [0.2, 0.25) is 5.91 Å². The molecule has 3 fully saturated rings. The first-order chi connectivity index (χ1) is 25.7. The molecule has 8 heteroatoms. The van der Waals surface area contributed by atoms with Crippen molar-refractivity contribution in [1.82, 2.24) is 5.32 Å². The third-order valence-electron chi connectivity index (χ3n) is 15.0. The van der Waals surface area contributed by atoms with Crippen LogP contribution in [0.1, 0.15) is 163 Å². The largest absolute Gasteiger partial charge is 0.462 e. The van der Waals surface area contributed by atoms with Crippen molar-refractivity contribution in [3.8, 4) is 0 Å². The molecule has 1 aromatic carbocycles. The lowest BCUT2D eigenvalue weighted by Crippen LogP contribution is -2.51. The number of nitrogens with one attached hydrogen (secondary N) is 1. The predicted molar refractivity (Wildman–Crippen MR) is 250 cm³/mol. The number of hydrogen-bond acceptors (Lipinski definition) is 4. The Labute approximate surface area is 369 Å². The standard InChI is InChI=1S/C46H71I3N2O3/c1-7-31(26-35-39(47)28-40(48)43(50)42(35)49)44(53)51-25-12-10-8-9-11-16-41(52)54-33-21-23-45(5)32(27-33)17-18-34-37-20-19-36(30(4)15-13-14-29(2)3)46(37,6)24-22-38(34)45/h17,28-31,33-34,36-38H,7-16,18-27,50H2,1-6H3,(H,51,53)/t30-,31?,33+,34?,36-,37?,38?,45+,46-/m1/s1. The number of unbranched alkanes of at least 4 members (excludes halogenated alkanes) is 4. The molecule has 54 heavy (non-hydrogen) atoms. The molecule has 4 aliphatic rings. The molecule has 0 aliphatic heterocycles. The van der Waals surface area contributed by atoms with Gasteiger partial charge >= 0.3 is 5.97 Å². The Bertz CT molecular complexity index is 1480. The molecular weight excluding hydrogens is 1010 g/mol. The van der Waals surface area contributed by atoms with Crippen molar-refractivity contribution in [3.05, 3.63) is 34.0 Å². The van der Waals surface area contributed by atoms with E-state index in [0.717, 1.165) is 99.7 Å². The second-order valence-corrected chi connectivity index (χ2v) is 22.2. The summed E-state index contributed by atoms with van der Waals surface area (Å²) < 4.78 is 9.44. The lowest BCUT2D eigenvalue weighted by Gasteiger charge is -2.58. The average Bonchev–Trinajstić information content (AvgIpc) is 3.49. The number of hydrogen-bond donors (Lipinski definition) is 2. The van der Waals surface area contributed by atoms with Crippen molar-refractivity contribution in [1.29, 1.82) is 0 Å². The molecule has 1 aromatic rings. The van der Waals surface area contributed by atoms with E-state index in [-0.39, 0.29) is 29.3 Å². The van der Waals surface area contributed by atoms with Crippen LogP contribution >= 0.6 is 67.8 Å². The Kier molecular flexibility index (Phi) is 16.9. The summed E-state index contributed by atoms with van der Waals surface area (Å²) in [5.41, 5.74) is 10.7. The number of anilines is 1. The van der Waals surface area contributed by atoms with E-state index >= 15 is 0 Å². The van der Waals surface area contributed by atoms with Crippen LogP contribution in [0.5, 0.6) is 0 Å². The first kappa shape index (κ1) is 45.0. The summed E-state index contributed by atoms with van der Waals surface area (Å²) in [5, 5.41) is 3.18. The lowest BCUT2D eigenvalue weighted by molar-refractivity contribution is -0.151. The van der Waals surface area contributed by atoms with Crippen LogP contribution in [0.15, 0.2) is 17.7 Å². The van der Waals surface area contributed by atoms with Crippen molar-refractivity contribution >= 4 is 85.3 Å². The van der Waals surface area contributed by atoms with Gasteiger partial charge in [0.05, 0.1) is 5.69 Å². The highest BCUT2D eigenvalue weighted by Crippen LogP contribution is 2.67. The van der Waals surface area contributed by atoms with Crippen LogP contribution in [0.25, 0.3) is 0 Å². The van der Waals surface area contributed by atoms with Gasteiger partial charge in [-0.25, -0.2) is 0 Å². The maximum Gasteiger partial charge on any atom is 0.306 e. The quantitative estimate of drug-likeness (QED) is 0.0505. The van der Waals surface area contributed by atoms with Gasteiger partial charge in [-0.05, 0) is 196 Å². The second kappa shape index (κ2) is 20.2. The molecule has 0 radical (unpaired) electrons. The molecule has 1 amide bonds. The lowest BCUT2D eigenvalue weighted by atomic mass is 9.47. The van der Waals surface area contributed by atoms with Gasteiger partial charge in [0.1, 0.15) is 6.10 Å². The van der Waals surface area contributed by atoms with Gasteiger partial charge in [-0.3, -0.25) is 9.59 Å². The highest BCUT2D eigenvalue weighted by Gasteiger charge is 2.59. The molecule has 0 aromatic heterocycles. The highest BCUT2D eigenvalue weighted by molar-refractivity contribution is 14.1. The van der Waals surface area contributed by atoms with Gasteiger partial charge in [0.25, 0.3) is 0 Å². The van der Waals surface area contributed by atoms with E-state index in [2.05, 4.69) is 127 Å². The predicted octanol–water partition coefficient (Wildman–Crippen LogP) is 13.1. The van der Waals surface area contributed by atoms with Gasteiger partial charge in [0, 0.05) is 36.0 Å². The molecule has 4 unspecified atom stereocenters. The maximum atomic E-state index is 13.0. The Hall–Kier alpha value is -0.110. The Morgan fingerprint density at radius 2 is 1.67 bits per heavy atom. The minimum Gasteiger partial charge on any atom is -0.462 e. The van der Waals surface area contributed by atoms with Crippen LogP contribution in [-0.4, -0.2) is 24.5 Å². The first-order valence-electron chi connectivity index (χ1n) is 21.8. The van der Waals surface area contributed by atoms with E-state index in [9.17, 15) is 9.59 Å². The number of nitrogen functional groups attached to an aromatic ring is 1. The molecule has 304 valence electrons. The van der Waals surface area contributed by atoms with Crippen molar-refractivity contribution < 1.29 is 14.3 Å². The van der Waals surface area contributed by atoms with E-state index in [0.29, 0.717) is 24.8 Å². The molecule has 0 bridgehead atoms. The molecule has 9 atom stereocenters. The summed E-state index contributed by atoms with van der Waals surface area (Å²) in [5.74, 6) is 5.18. The van der Waals surface area contributed by atoms with Crippen LogP contribution in [0.2, 0.25) is 0 Å². The number of allylic oxidation sites excluding steroid dienone is 1. The number of benzene rings is 1. The molecule has 4 aliphatic carbocycles. The summed E-state index contributed by atoms with van der Waals surface area (Å²) in [6.07, 6.45) is 24.0. The maximum absolute atomic E-state index is 13.0. The first-order valence-corrected chi connectivity index (χ1v) is 25.0. The molecule has 3 N–H and O–H groups in total. The summed E-state index contributed by atoms with van der Waals surface area (Å²) in [4.78, 5) is 25.9. The van der Waals surface area contributed by atoms with E-state index in [1.165, 1.54) is 66.9 Å². The number of carbonyl (C=O) groups is 2. The fraction of sp³-hybridized carbons (Fsp3) is 0.783. The number of fused-ring (bicyclic) bond motifs is 5. The highest BCUT2D eigenvalue weighted by atomic mass is 127. The molecule has 3 saturated carbocycles. The Morgan fingerprint density at radius 3 is 2.41 bits per heavy atom. The molecule has 5 rings (SSSR count). The zero-order valence-electron chi connectivity index (χ0n) is 34.4. The smallest absolute Gasteiger partial charge is 0.306 e. The number of esters is 1. The molecule has 0 heterocycles. The fourth-order valence-electron chi connectivity index (χ4n) is 11.8. The zero-order valence-corrected chi connectivity index (χ0v) is 40.8. The topological polar surface area (TPSA) is 81.4 Å². The van der Waals surface area contributed by atoms with Crippen molar-refractivity contribution in [2.75, 3.05) is 12.3 Å². The van der Waals surface area contributed by atoms with Gasteiger partial charge in [-0.1, -0.05) is 91.7 Å². The van der Waals surface area contributed by atoms with Crippen LogP contribution in [0.3, 0.4) is 0 Å². The number of ether oxygens (including phenoxy) is 1. The minimum atomic E-state index is -0.0524. The Balaban J connectivity index is 0.983. The number of carbonyl (C=O) groups excluding carboxylic acids is 2. The van der Waals surface area contributed by atoms with Gasteiger partial charge in [0.15, 0.2) is 0 Å². The number of nitrogens with two attached hydrogens (primary N) is 1. The normalized spacial score (nSPS) is 30.2. The minimum absolute atomic E-state index is 0.0112. The number of halogens is 3. The third kappa shape index (κ3) is 10.5. The monoisotopic (exact) mass is 1080 g/mol. The van der Waals surface area contributed by atoms with Crippen LogP contribution < -0.4 is 11.1 Å². The van der Waals surface area contributed by atoms with Crippen molar-refractivity contribution in [3.63, 3.8) is 0 Å². The van der Waals surface area contributed by atoms with E-state index in [1.54, 1.807) is 5.57 Å². The Morgan fingerprint density at radius 1 is 0.926 bits per heavy atom. The molecule has 5 nitrogen and oxygen atoms in total. The summed E-state index contributed by atoms with van der Waals surface area (Å²) >= 11 is 6.96. The van der Waals surface area contributed by atoms with Crippen molar-refractivity contribution in [2.45, 2.75) is 170 Å². The van der Waals surface area contributed by atoms with E-state index in [4.69, 9.17) is 10.5 Å². The average molecular weight is 1080 g/mol. The van der Waals surface area contributed by atoms with Crippen LogP contribution in [0, 0.1) is 63.0 Å². The fourth-order valence-corrected chi connectivity index (χ4v) is 15.6.